The van der Waals surface area contributed by atoms with E-state index in [1.165, 1.54) is 0 Å². The van der Waals surface area contributed by atoms with Crippen LogP contribution in [0.3, 0.4) is 0 Å². The zero-order chi connectivity index (χ0) is 13.0. The standard InChI is InChI=1S/C13H22N4O/c1-3-10(2)13(18)16-11-8-15-17(9-11)12-4-6-14-7-5-12/h8-10,12,14H,3-7H2,1-2H3,(H,16,18). The molecule has 1 atom stereocenters. The van der Waals surface area contributed by atoms with Crippen LogP contribution in [0.25, 0.3) is 0 Å². The lowest BCUT2D eigenvalue weighted by molar-refractivity contribution is -0.119. The second-order valence-corrected chi connectivity index (χ2v) is 4.99. The molecule has 18 heavy (non-hydrogen) atoms. The number of carbonyl (C=O) groups is 1. The summed E-state index contributed by atoms with van der Waals surface area (Å²) in [6, 6.07) is 0.459. The quantitative estimate of drug-likeness (QED) is 0.856. The fraction of sp³-hybridized carbons (Fsp3) is 0.692. The molecule has 0 spiro atoms. The van der Waals surface area contributed by atoms with E-state index >= 15 is 0 Å². The van der Waals surface area contributed by atoms with Crippen LogP contribution in [0.1, 0.15) is 39.2 Å². The fourth-order valence-corrected chi connectivity index (χ4v) is 2.12. The second-order valence-electron chi connectivity index (χ2n) is 4.99. The molecule has 0 aromatic carbocycles. The van der Waals surface area contributed by atoms with E-state index in [2.05, 4.69) is 15.7 Å². The van der Waals surface area contributed by atoms with Crippen LogP contribution in [0, 0.1) is 5.92 Å². The molecule has 1 unspecified atom stereocenters. The van der Waals surface area contributed by atoms with Crippen LogP contribution in [0.15, 0.2) is 12.4 Å². The Labute approximate surface area is 108 Å². The van der Waals surface area contributed by atoms with Crippen LogP contribution >= 0.6 is 0 Å². The van der Waals surface area contributed by atoms with Crippen LogP contribution in [0.2, 0.25) is 0 Å². The van der Waals surface area contributed by atoms with E-state index in [1.54, 1.807) is 6.20 Å². The van der Waals surface area contributed by atoms with Crippen molar-refractivity contribution in [3.63, 3.8) is 0 Å². The second kappa shape index (κ2) is 6.00. The third-order valence-corrected chi connectivity index (χ3v) is 3.61. The highest BCUT2D eigenvalue weighted by Gasteiger charge is 2.17. The minimum atomic E-state index is 0.0484. The summed E-state index contributed by atoms with van der Waals surface area (Å²) in [6.07, 6.45) is 6.73. The van der Waals surface area contributed by atoms with Crippen molar-refractivity contribution in [3.05, 3.63) is 12.4 Å². The zero-order valence-corrected chi connectivity index (χ0v) is 11.1. The maximum Gasteiger partial charge on any atom is 0.227 e. The maximum absolute atomic E-state index is 11.8. The predicted molar refractivity (Wildman–Crippen MR) is 71.5 cm³/mol. The number of piperidine rings is 1. The molecule has 1 aromatic rings. The Morgan fingerprint density at radius 1 is 1.61 bits per heavy atom. The number of hydrogen-bond acceptors (Lipinski definition) is 3. The molecule has 0 aliphatic carbocycles. The van der Waals surface area contributed by atoms with Crippen molar-refractivity contribution in [1.29, 1.82) is 0 Å². The first-order valence-electron chi connectivity index (χ1n) is 6.76. The number of amides is 1. The van der Waals surface area contributed by atoms with Crippen molar-refractivity contribution in [2.24, 2.45) is 5.92 Å². The van der Waals surface area contributed by atoms with Gasteiger partial charge in [0.15, 0.2) is 0 Å². The Hall–Kier alpha value is -1.36. The van der Waals surface area contributed by atoms with Gasteiger partial charge < -0.3 is 10.6 Å². The molecule has 2 N–H and O–H groups in total. The molecule has 1 fully saturated rings. The number of carbonyl (C=O) groups excluding carboxylic acids is 1. The number of anilines is 1. The molecule has 2 heterocycles. The first kappa shape index (κ1) is 13.1. The van der Waals surface area contributed by atoms with Gasteiger partial charge in [0.2, 0.25) is 5.91 Å². The van der Waals surface area contributed by atoms with Crippen LogP contribution < -0.4 is 10.6 Å². The third kappa shape index (κ3) is 3.10. The fourth-order valence-electron chi connectivity index (χ4n) is 2.12. The van der Waals surface area contributed by atoms with Crippen LogP contribution in [-0.2, 0) is 4.79 Å². The number of aromatic nitrogens is 2. The Balaban J connectivity index is 1.95. The van der Waals surface area contributed by atoms with Gasteiger partial charge in [-0.3, -0.25) is 9.48 Å². The monoisotopic (exact) mass is 250 g/mol. The Morgan fingerprint density at radius 2 is 2.33 bits per heavy atom. The largest absolute Gasteiger partial charge is 0.323 e. The van der Waals surface area contributed by atoms with Gasteiger partial charge in [-0.25, -0.2) is 0 Å². The molecule has 1 saturated heterocycles. The van der Waals surface area contributed by atoms with Gasteiger partial charge in [-0.15, -0.1) is 0 Å². The minimum Gasteiger partial charge on any atom is -0.323 e. The van der Waals surface area contributed by atoms with E-state index in [0.29, 0.717) is 6.04 Å². The third-order valence-electron chi connectivity index (χ3n) is 3.61. The lowest BCUT2D eigenvalue weighted by atomic mass is 10.1. The highest BCUT2D eigenvalue weighted by molar-refractivity contribution is 5.91. The predicted octanol–water partition coefficient (Wildman–Crippen LogP) is 1.79. The number of nitrogens with zero attached hydrogens (tertiary/aromatic N) is 2. The Bertz CT molecular complexity index is 395. The SMILES string of the molecule is CCC(C)C(=O)Nc1cnn(C2CCNCC2)c1. The van der Waals surface area contributed by atoms with Crippen molar-refractivity contribution in [2.45, 2.75) is 39.2 Å². The van der Waals surface area contributed by atoms with E-state index < -0.39 is 0 Å². The van der Waals surface area contributed by atoms with E-state index in [9.17, 15) is 4.79 Å². The molecule has 1 amide bonds. The van der Waals surface area contributed by atoms with Crippen LogP contribution in [-0.4, -0.2) is 28.8 Å². The molecule has 100 valence electrons. The van der Waals surface area contributed by atoms with Gasteiger partial charge in [-0.1, -0.05) is 13.8 Å². The van der Waals surface area contributed by atoms with Crippen molar-refractivity contribution in [1.82, 2.24) is 15.1 Å². The van der Waals surface area contributed by atoms with Crippen molar-refractivity contribution in [3.8, 4) is 0 Å². The lowest BCUT2D eigenvalue weighted by Crippen LogP contribution is -2.29. The normalized spacial score (nSPS) is 18.6. The maximum atomic E-state index is 11.8. The van der Waals surface area contributed by atoms with Crippen molar-refractivity contribution >= 4 is 11.6 Å². The summed E-state index contributed by atoms with van der Waals surface area (Å²) in [4.78, 5) is 11.8. The van der Waals surface area contributed by atoms with E-state index in [4.69, 9.17) is 0 Å². The summed E-state index contributed by atoms with van der Waals surface area (Å²) in [5.41, 5.74) is 0.804. The van der Waals surface area contributed by atoms with E-state index in [-0.39, 0.29) is 11.8 Å². The van der Waals surface area contributed by atoms with Gasteiger partial charge in [0, 0.05) is 12.1 Å². The molecule has 0 bridgehead atoms. The number of hydrogen-bond donors (Lipinski definition) is 2. The summed E-state index contributed by atoms with van der Waals surface area (Å²) in [5.74, 6) is 0.120. The Kier molecular flexibility index (Phi) is 4.36. The molecule has 2 rings (SSSR count). The van der Waals surface area contributed by atoms with E-state index in [1.807, 2.05) is 24.7 Å². The molecule has 1 aliphatic heterocycles. The molecule has 1 aromatic heterocycles. The molecule has 5 nitrogen and oxygen atoms in total. The summed E-state index contributed by atoms with van der Waals surface area (Å²) >= 11 is 0. The molecule has 5 heteroatoms. The van der Waals surface area contributed by atoms with E-state index in [0.717, 1.165) is 38.0 Å². The molecule has 0 radical (unpaired) electrons. The first-order chi connectivity index (χ1) is 8.70. The van der Waals surface area contributed by atoms with Gasteiger partial charge in [-0.2, -0.15) is 5.10 Å². The van der Waals surface area contributed by atoms with Crippen molar-refractivity contribution < 1.29 is 4.79 Å². The highest BCUT2D eigenvalue weighted by atomic mass is 16.1. The topological polar surface area (TPSA) is 59.0 Å². The zero-order valence-electron chi connectivity index (χ0n) is 11.1. The molecular formula is C13H22N4O. The van der Waals surface area contributed by atoms with Crippen LogP contribution in [0.5, 0.6) is 0 Å². The summed E-state index contributed by atoms with van der Waals surface area (Å²) in [5, 5.41) is 10.6. The van der Waals surface area contributed by atoms with Gasteiger partial charge in [0.25, 0.3) is 0 Å². The average Bonchev–Trinajstić information content (AvgIpc) is 2.87. The minimum absolute atomic E-state index is 0.0484. The average molecular weight is 250 g/mol. The summed E-state index contributed by atoms with van der Waals surface area (Å²) < 4.78 is 1.98. The molecule has 0 saturated carbocycles. The summed E-state index contributed by atoms with van der Waals surface area (Å²) in [7, 11) is 0. The summed E-state index contributed by atoms with van der Waals surface area (Å²) in [6.45, 7) is 6.04. The van der Waals surface area contributed by atoms with Gasteiger partial charge >= 0.3 is 0 Å². The molecule has 1 aliphatic rings. The van der Waals surface area contributed by atoms with Crippen LogP contribution in [0.4, 0.5) is 5.69 Å². The number of nitrogens with one attached hydrogen (secondary N) is 2. The van der Waals surface area contributed by atoms with Gasteiger partial charge in [0.1, 0.15) is 0 Å². The van der Waals surface area contributed by atoms with Gasteiger partial charge in [0.05, 0.1) is 17.9 Å². The Morgan fingerprint density at radius 3 is 3.00 bits per heavy atom. The highest BCUT2D eigenvalue weighted by Crippen LogP contribution is 2.19. The van der Waals surface area contributed by atoms with Gasteiger partial charge in [-0.05, 0) is 32.4 Å². The van der Waals surface area contributed by atoms with Crippen molar-refractivity contribution in [2.75, 3.05) is 18.4 Å². The first-order valence-corrected chi connectivity index (χ1v) is 6.76. The molecular weight excluding hydrogens is 228 g/mol. The smallest absolute Gasteiger partial charge is 0.227 e. The lowest BCUT2D eigenvalue weighted by Gasteiger charge is -2.22. The number of rotatable bonds is 4.